The molecule has 124 valence electrons. The number of unbranched alkanes of at least 4 members (excludes halogenated alkanes) is 1. The summed E-state index contributed by atoms with van der Waals surface area (Å²) in [6.45, 7) is 2.54. The third kappa shape index (κ3) is 6.46. The van der Waals surface area contributed by atoms with E-state index < -0.39 is 0 Å². The number of nitrogens with one attached hydrogen (secondary N) is 2. The number of halogens is 1. The highest BCUT2D eigenvalue weighted by atomic mass is 19.1. The molecule has 0 aliphatic rings. The van der Waals surface area contributed by atoms with Gasteiger partial charge in [0.25, 0.3) is 0 Å². The van der Waals surface area contributed by atoms with Gasteiger partial charge in [-0.15, -0.1) is 10.2 Å². The van der Waals surface area contributed by atoms with E-state index in [-0.39, 0.29) is 5.82 Å². The zero-order valence-corrected chi connectivity index (χ0v) is 13.4. The number of aryl methyl sites for hydroxylation is 1. The zero-order chi connectivity index (χ0) is 16.3. The molecule has 0 amide bonds. The first-order valence-electron chi connectivity index (χ1n) is 7.79. The van der Waals surface area contributed by atoms with E-state index in [4.69, 9.17) is 0 Å². The van der Waals surface area contributed by atoms with Crippen LogP contribution in [0.25, 0.3) is 0 Å². The van der Waals surface area contributed by atoms with Crippen LogP contribution in [0.15, 0.2) is 41.9 Å². The van der Waals surface area contributed by atoms with Crippen molar-refractivity contribution in [3.8, 4) is 0 Å². The van der Waals surface area contributed by atoms with Gasteiger partial charge in [0.2, 0.25) is 0 Å². The second kappa shape index (κ2) is 9.55. The lowest BCUT2D eigenvalue weighted by Crippen LogP contribution is -2.38. The van der Waals surface area contributed by atoms with Crippen LogP contribution < -0.4 is 10.6 Å². The predicted octanol–water partition coefficient (Wildman–Crippen LogP) is 1.61. The molecule has 0 bridgehead atoms. The van der Waals surface area contributed by atoms with Gasteiger partial charge in [-0.1, -0.05) is 12.1 Å². The van der Waals surface area contributed by atoms with E-state index in [2.05, 4.69) is 25.8 Å². The molecular weight excluding hydrogens is 295 g/mol. The maximum atomic E-state index is 12.8. The summed E-state index contributed by atoms with van der Waals surface area (Å²) in [5, 5.41) is 14.1. The molecule has 7 heteroatoms. The highest BCUT2D eigenvalue weighted by Crippen LogP contribution is 2.02. The van der Waals surface area contributed by atoms with E-state index in [0.717, 1.165) is 50.4 Å². The van der Waals surface area contributed by atoms with Gasteiger partial charge in [0.1, 0.15) is 18.5 Å². The summed E-state index contributed by atoms with van der Waals surface area (Å²) in [6, 6.07) is 6.58. The molecule has 0 spiro atoms. The van der Waals surface area contributed by atoms with E-state index in [9.17, 15) is 4.39 Å². The Hall–Kier alpha value is -2.44. The Labute approximate surface area is 135 Å². The summed E-state index contributed by atoms with van der Waals surface area (Å²) in [7, 11) is 1.75. The van der Waals surface area contributed by atoms with Crippen molar-refractivity contribution < 1.29 is 4.39 Å². The predicted molar refractivity (Wildman–Crippen MR) is 88.7 cm³/mol. The lowest BCUT2D eigenvalue weighted by atomic mass is 10.1. The topological polar surface area (TPSA) is 67.1 Å². The molecule has 0 radical (unpaired) electrons. The minimum Gasteiger partial charge on any atom is -0.356 e. The second-order valence-electron chi connectivity index (χ2n) is 5.21. The fourth-order valence-corrected chi connectivity index (χ4v) is 2.16. The van der Waals surface area contributed by atoms with Crippen molar-refractivity contribution in [1.29, 1.82) is 0 Å². The largest absolute Gasteiger partial charge is 0.356 e. The number of nitrogens with zero attached hydrogens (tertiary/aromatic N) is 4. The standard InChI is InChI=1S/C16H23FN6/c1-18-16(19-9-2-3-11-23-12-21-22-13-23)20-10-8-14-4-6-15(17)7-5-14/h4-7,12-13H,2-3,8-11H2,1H3,(H2,18,19,20). The zero-order valence-electron chi connectivity index (χ0n) is 13.4. The number of guanidine groups is 1. The van der Waals surface area contributed by atoms with Gasteiger partial charge in [-0.05, 0) is 37.0 Å². The molecule has 1 heterocycles. The Kier molecular flexibility index (Phi) is 7.03. The lowest BCUT2D eigenvalue weighted by Gasteiger charge is -2.12. The van der Waals surface area contributed by atoms with Crippen molar-refractivity contribution in [1.82, 2.24) is 25.4 Å². The molecule has 0 atom stereocenters. The van der Waals surface area contributed by atoms with E-state index in [1.165, 1.54) is 12.1 Å². The minimum absolute atomic E-state index is 0.203. The van der Waals surface area contributed by atoms with Crippen molar-refractivity contribution in [3.63, 3.8) is 0 Å². The number of aliphatic imine (C=N–C) groups is 1. The average molecular weight is 318 g/mol. The van der Waals surface area contributed by atoms with Crippen LogP contribution in [0.2, 0.25) is 0 Å². The monoisotopic (exact) mass is 318 g/mol. The van der Waals surface area contributed by atoms with Gasteiger partial charge in [0.15, 0.2) is 5.96 Å². The van der Waals surface area contributed by atoms with E-state index in [1.54, 1.807) is 31.8 Å². The van der Waals surface area contributed by atoms with Crippen molar-refractivity contribution in [3.05, 3.63) is 48.3 Å². The van der Waals surface area contributed by atoms with Crippen molar-refractivity contribution in [2.24, 2.45) is 4.99 Å². The van der Waals surface area contributed by atoms with E-state index >= 15 is 0 Å². The number of hydrogen-bond acceptors (Lipinski definition) is 3. The van der Waals surface area contributed by atoms with Gasteiger partial charge in [0, 0.05) is 26.7 Å². The van der Waals surface area contributed by atoms with Gasteiger partial charge in [-0.2, -0.15) is 0 Å². The van der Waals surface area contributed by atoms with Gasteiger partial charge in [-0.25, -0.2) is 4.39 Å². The maximum Gasteiger partial charge on any atom is 0.190 e. The number of benzene rings is 1. The van der Waals surface area contributed by atoms with E-state index in [0.29, 0.717) is 0 Å². The molecule has 2 rings (SSSR count). The quantitative estimate of drug-likeness (QED) is 0.441. The summed E-state index contributed by atoms with van der Waals surface area (Å²) >= 11 is 0. The SMILES string of the molecule is CN=C(NCCCCn1cnnc1)NCCc1ccc(F)cc1. The molecule has 2 aromatic rings. The molecule has 0 fully saturated rings. The molecule has 0 aliphatic heterocycles. The Bertz CT molecular complexity index is 579. The molecule has 0 saturated heterocycles. The number of rotatable bonds is 8. The molecule has 0 unspecified atom stereocenters. The maximum absolute atomic E-state index is 12.8. The Morgan fingerprint density at radius 2 is 1.78 bits per heavy atom. The first-order chi connectivity index (χ1) is 11.3. The first kappa shape index (κ1) is 16.9. The van der Waals surface area contributed by atoms with Crippen LogP contribution in [-0.2, 0) is 13.0 Å². The summed E-state index contributed by atoms with van der Waals surface area (Å²) in [5.41, 5.74) is 1.10. The fraction of sp³-hybridized carbons (Fsp3) is 0.438. The lowest BCUT2D eigenvalue weighted by molar-refractivity contribution is 0.597. The van der Waals surface area contributed by atoms with Crippen LogP contribution in [0, 0.1) is 5.82 Å². The average Bonchev–Trinajstić information content (AvgIpc) is 3.08. The number of aromatic nitrogens is 3. The third-order valence-electron chi connectivity index (χ3n) is 3.45. The Balaban J connectivity index is 1.57. The first-order valence-corrected chi connectivity index (χ1v) is 7.79. The van der Waals surface area contributed by atoms with Crippen LogP contribution in [0.5, 0.6) is 0 Å². The van der Waals surface area contributed by atoms with Gasteiger partial charge < -0.3 is 15.2 Å². The van der Waals surface area contributed by atoms with Crippen molar-refractivity contribution in [2.75, 3.05) is 20.1 Å². The van der Waals surface area contributed by atoms with Gasteiger partial charge in [-0.3, -0.25) is 4.99 Å². The van der Waals surface area contributed by atoms with Crippen LogP contribution in [0.1, 0.15) is 18.4 Å². The molecule has 0 aliphatic carbocycles. The Morgan fingerprint density at radius 1 is 1.09 bits per heavy atom. The van der Waals surface area contributed by atoms with Crippen molar-refractivity contribution >= 4 is 5.96 Å². The van der Waals surface area contributed by atoms with Crippen LogP contribution >= 0.6 is 0 Å². The second-order valence-corrected chi connectivity index (χ2v) is 5.21. The van der Waals surface area contributed by atoms with Gasteiger partial charge in [0.05, 0.1) is 0 Å². The van der Waals surface area contributed by atoms with Crippen LogP contribution in [0.3, 0.4) is 0 Å². The normalized spacial score (nSPS) is 11.5. The van der Waals surface area contributed by atoms with Crippen molar-refractivity contribution in [2.45, 2.75) is 25.8 Å². The summed E-state index contributed by atoms with van der Waals surface area (Å²) in [6.07, 6.45) is 6.37. The highest BCUT2D eigenvalue weighted by molar-refractivity contribution is 5.79. The summed E-state index contributed by atoms with van der Waals surface area (Å²) in [5.74, 6) is 0.585. The van der Waals surface area contributed by atoms with Gasteiger partial charge >= 0.3 is 0 Å². The fourth-order valence-electron chi connectivity index (χ4n) is 2.16. The summed E-state index contributed by atoms with van der Waals surface area (Å²) < 4.78 is 14.8. The van der Waals surface area contributed by atoms with E-state index in [1.807, 2.05) is 4.57 Å². The molecule has 1 aromatic carbocycles. The molecular formula is C16H23FN6. The molecule has 2 N–H and O–H groups in total. The third-order valence-corrected chi connectivity index (χ3v) is 3.45. The Morgan fingerprint density at radius 3 is 2.48 bits per heavy atom. The smallest absolute Gasteiger partial charge is 0.190 e. The van der Waals surface area contributed by atoms with Crippen LogP contribution in [-0.4, -0.2) is 40.9 Å². The summed E-state index contributed by atoms with van der Waals surface area (Å²) in [4.78, 5) is 4.19. The molecule has 6 nitrogen and oxygen atoms in total. The van der Waals surface area contributed by atoms with Crippen LogP contribution in [0.4, 0.5) is 4.39 Å². The number of hydrogen-bond donors (Lipinski definition) is 2. The highest BCUT2D eigenvalue weighted by Gasteiger charge is 1.99. The minimum atomic E-state index is -0.203. The molecule has 0 saturated carbocycles. The molecule has 23 heavy (non-hydrogen) atoms. The molecule has 1 aromatic heterocycles.